The molecule has 1 aromatic carbocycles. The number of aryl methyl sites for hydroxylation is 2. The highest BCUT2D eigenvalue weighted by atomic mass is 19.1. The molecule has 0 N–H and O–H groups in total. The summed E-state index contributed by atoms with van der Waals surface area (Å²) >= 11 is 0. The van der Waals surface area contributed by atoms with Gasteiger partial charge in [0, 0.05) is 52.1 Å². The predicted octanol–water partition coefficient (Wildman–Crippen LogP) is 4.04. The maximum Gasteiger partial charge on any atom is 0.318 e. The third-order valence-electron chi connectivity index (χ3n) is 10.7. The minimum Gasteiger partial charge on any atom is -0.461 e. The van der Waals surface area contributed by atoms with E-state index in [4.69, 9.17) is 19.4 Å². The number of nitrogens with zero attached hydrogens (tertiary/aromatic N) is 7. The fraction of sp³-hybridized carbons (Fsp3) is 0.588. The van der Waals surface area contributed by atoms with Crippen molar-refractivity contribution in [3.05, 3.63) is 64.1 Å². The number of anilines is 1. The first kappa shape index (κ1) is 28.9. The van der Waals surface area contributed by atoms with Crippen molar-refractivity contribution in [2.45, 2.75) is 88.4 Å². The number of carbonyl (C=O) groups excluding carboxylic acids is 1. The second-order valence-corrected chi connectivity index (χ2v) is 13.8. The summed E-state index contributed by atoms with van der Waals surface area (Å²) < 4.78 is 29.8. The Labute approximate surface area is 263 Å². The van der Waals surface area contributed by atoms with Crippen molar-refractivity contribution >= 4 is 11.7 Å². The number of halogens is 1. The van der Waals surface area contributed by atoms with Gasteiger partial charge in [0.25, 0.3) is 5.91 Å². The minimum absolute atomic E-state index is 0.105. The molecule has 45 heavy (non-hydrogen) atoms. The quantitative estimate of drug-likeness (QED) is 0.425. The molecule has 5 aliphatic rings. The molecule has 0 unspecified atom stereocenters. The van der Waals surface area contributed by atoms with Crippen LogP contribution >= 0.6 is 0 Å². The lowest BCUT2D eigenvalue weighted by atomic mass is 9.75. The normalized spacial score (nSPS) is 27.4. The first-order chi connectivity index (χ1) is 21.8. The van der Waals surface area contributed by atoms with Gasteiger partial charge in [0.05, 0.1) is 35.7 Å². The van der Waals surface area contributed by atoms with Gasteiger partial charge in [-0.05, 0) is 62.3 Å². The Bertz CT molecular complexity index is 1630. The third-order valence-corrected chi connectivity index (χ3v) is 10.7. The Hall–Kier alpha value is -3.57. The fourth-order valence-corrected chi connectivity index (χ4v) is 8.49. The molecule has 1 aliphatic carbocycles. The maximum absolute atomic E-state index is 14.5. The van der Waals surface area contributed by atoms with Gasteiger partial charge in [0.15, 0.2) is 5.69 Å². The van der Waals surface area contributed by atoms with Crippen LogP contribution in [0.2, 0.25) is 0 Å². The van der Waals surface area contributed by atoms with E-state index in [0.717, 1.165) is 80.9 Å². The van der Waals surface area contributed by atoms with E-state index >= 15 is 0 Å². The van der Waals surface area contributed by atoms with Gasteiger partial charge in [0.2, 0.25) is 0 Å². The van der Waals surface area contributed by atoms with Gasteiger partial charge in [0.1, 0.15) is 18.6 Å². The van der Waals surface area contributed by atoms with Crippen molar-refractivity contribution < 1.29 is 18.7 Å². The van der Waals surface area contributed by atoms with E-state index in [2.05, 4.69) is 39.2 Å². The summed E-state index contributed by atoms with van der Waals surface area (Å²) in [5.41, 5.74) is 5.31. The molecule has 3 atom stereocenters. The maximum atomic E-state index is 14.5. The van der Waals surface area contributed by atoms with Crippen LogP contribution in [0.25, 0.3) is 0 Å². The van der Waals surface area contributed by atoms with Gasteiger partial charge < -0.3 is 19.3 Å². The number of alkyl halides is 1. The molecule has 2 saturated heterocycles. The van der Waals surface area contributed by atoms with E-state index in [0.29, 0.717) is 50.8 Å². The molecule has 0 saturated carbocycles. The number of carbonyl (C=O) groups is 1. The average Bonchev–Trinajstić information content (AvgIpc) is 3.66. The van der Waals surface area contributed by atoms with Crippen molar-refractivity contribution in [1.82, 2.24) is 29.5 Å². The van der Waals surface area contributed by atoms with Crippen LogP contribution in [0.4, 0.5) is 10.2 Å². The molecule has 1 amide bonds. The molecule has 10 nitrogen and oxygen atoms in total. The lowest BCUT2D eigenvalue weighted by Crippen LogP contribution is -2.44. The molecular weight excluding hydrogens is 573 g/mol. The number of ether oxygens (including phenoxy) is 2. The summed E-state index contributed by atoms with van der Waals surface area (Å²) in [5, 5.41) is 4.63. The highest BCUT2D eigenvalue weighted by molar-refractivity contribution is 5.92. The SMILES string of the molecule is CN(C)C(=O)c1cc2n(n1)CCCN(c1nc(OC[C@@]34CCCN3C[C@H](F)C4)nc3c1CO[C@@]1(CCCc4ccccc41)C3)C2. The van der Waals surface area contributed by atoms with Gasteiger partial charge in [-0.25, -0.2) is 4.39 Å². The summed E-state index contributed by atoms with van der Waals surface area (Å²) in [7, 11) is 3.49. The number of benzene rings is 1. The Kier molecular flexibility index (Phi) is 7.09. The molecular formula is C34H42FN7O3. The highest BCUT2D eigenvalue weighted by Crippen LogP contribution is 2.46. The number of aromatic nitrogens is 4. The van der Waals surface area contributed by atoms with Crippen LogP contribution in [-0.4, -0.2) is 87.5 Å². The first-order valence-electron chi connectivity index (χ1n) is 16.5. The molecule has 11 heteroatoms. The Balaban J connectivity index is 1.15. The molecule has 1 spiro atoms. The number of hydrogen-bond acceptors (Lipinski definition) is 8. The number of amides is 1. The summed E-state index contributed by atoms with van der Waals surface area (Å²) in [6.07, 6.45) is 6.27. The summed E-state index contributed by atoms with van der Waals surface area (Å²) in [5.74, 6) is 0.714. The third kappa shape index (κ3) is 4.99. The smallest absolute Gasteiger partial charge is 0.318 e. The lowest BCUT2D eigenvalue weighted by Gasteiger charge is -2.43. The van der Waals surface area contributed by atoms with E-state index in [9.17, 15) is 9.18 Å². The molecule has 2 fully saturated rings. The molecule has 6 heterocycles. The standard InChI is InChI=1S/C34H42FN7O3/c1-39(2)31(43)28-16-25-20-40(13-7-15-42(25)38-28)30-26-21-45-34(12-5-9-23-8-3-4-10-27(23)34)18-29(26)36-32(37-30)44-22-33-11-6-14-41(33)19-24(35)17-33/h3-4,8,10,16,24H,5-7,9,11-15,17-22H2,1-2H3/t24-,33+,34+/m1/s1. The van der Waals surface area contributed by atoms with Crippen LogP contribution in [0.15, 0.2) is 30.3 Å². The number of hydrogen-bond donors (Lipinski definition) is 0. The molecule has 3 aromatic rings. The number of rotatable bonds is 5. The Morgan fingerprint density at radius 2 is 2.02 bits per heavy atom. The van der Waals surface area contributed by atoms with E-state index in [1.54, 1.807) is 19.0 Å². The number of fused-ring (bicyclic) bond motifs is 5. The second-order valence-electron chi connectivity index (χ2n) is 13.8. The summed E-state index contributed by atoms with van der Waals surface area (Å²) in [6, 6.07) is 10.9. The zero-order chi connectivity index (χ0) is 30.8. The summed E-state index contributed by atoms with van der Waals surface area (Å²) in [6.45, 7) is 4.27. The molecule has 0 radical (unpaired) electrons. The van der Waals surface area contributed by atoms with Crippen LogP contribution in [0.5, 0.6) is 6.01 Å². The van der Waals surface area contributed by atoms with Crippen molar-refractivity contribution in [2.24, 2.45) is 0 Å². The largest absolute Gasteiger partial charge is 0.461 e. The van der Waals surface area contributed by atoms with E-state index in [-0.39, 0.29) is 11.4 Å². The van der Waals surface area contributed by atoms with Crippen molar-refractivity contribution in [2.75, 3.05) is 45.2 Å². The minimum atomic E-state index is -0.816. The molecule has 238 valence electrons. The average molecular weight is 616 g/mol. The van der Waals surface area contributed by atoms with E-state index in [1.165, 1.54) is 11.1 Å². The van der Waals surface area contributed by atoms with Crippen LogP contribution < -0.4 is 9.64 Å². The highest BCUT2D eigenvalue weighted by Gasteiger charge is 2.50. The summed E-state index contributed by atoms with van der Waals surface area (Å²) in [4.78, 5) is 28.9. The van der Waals surface area contributed by atoms with E-state index < -0.39 is 11.8 Å². The Morgan fingerprint density at radius 1 is 1.13 bits per heavy atom. The zero-order valence-corrected chi connectivity index (χ0v) is 26.3. The van der Waals surface area contributed by atoms with Crippen LogP contribution in [0.1, 0.15) is 77.1 Å². The molecule has 8 rings (SSSR count). The monoisotopic (exact) mass is 615 g/mol. The van der Waals surface area contributed by atoms with Gasteiger partial charge >= 0.3 is 6.01 Å². The lowest BCUT2D eigenvalue weighted by molar-refractivity contribution is -0.0855. The molecule has 2 aromatic heterocycles. The van der Waals surface area contributed by atoms with Crippen molar-refractivity contribution in [3.63, 3.8) is 0 Å². The fourth-order valence-electron chi connectivity index (χ4n) is 8.49. The predicted molar refractivity (Wildman–Crippen MR) is 166 cm³/mol. The van der Waals surface area contributed by atoms with Crippen molar-refractivity contribution in [3.8, 4) is 6.01 Å². The zero-order valence-electron chi connectivity index (χ0n) is 26.3. The van der Waals surface area contributed by atoms with Gasteiger partial charge in [-0.3, -0.25) is 14.4 Å². The second kappa shape index (κ2) is 11.0. The van der Waals surface area contributed by atoms with Crippen LogP contribution in [0.3, 0.4) is 0 Å². The topological polar surface area (TPSA) is 88.9 Å². The van der Waals surface area contributed by atoms with Crippen LogP contribution in [-0.2, 0) is 42.9 Å². The van der Waals surface area contributed by atoms with Gasteiger partial charge in [-0.15, -0.1) is 0 Å². The van der Waals surface area contributed by atoms with Crippen molar-refractivity contribution in [1.29, 1.82) is 0 Å². The van der Waals surface area contributed by atoms with E-state index in [1.807, 2.05) is 10.7 Å². The molecule has 0 bridgehead atoms. The van der Waals surface area contributed by atoms with Gasteiger partial charge in [-0.1, -0.05) is 24.3 Å². The Morgan fingerprint density at radius 3 is 2.91 bits per heavy atom. The first-order valence-corrected chi connectivity index (χ1v) is 16.5. The van der Waals surface area contributed by atoms with Gasteiger partial charge in [-0.2, -0.15) is 15.1 Å². The molecule has 4 aliphatic heterocycles. The van der Waals surface area contributed by atoms with Crippen LogP contribution in [0, 0.1) is 0 Å².